The SMILES string of the molecule is O=C(CN(c1cccc(Cl)c1)S(=O)(=O)c1ccccc1)N/N=C/c1c(O)ccc2ccccc12. The highest BCUT2D eigenvalue weighted by molar-refractivity contribution is 7.92. The van der Waals surface area contributed by atoms with Gasteiger partial charge in [0.1, 0.15) is 12.3 Å². The van der Waals surface area contributed by atoms with Gasteiger partial charge in [0, 0.05) is 10.6 Å². The number of sulfonamides is 1. The summed E-state index contributed by atoms with van der Waals surface area (Å²) in [5.74, 6) is -0.667. The topological polar surface area (TPSA) is 99.1 Å². The Morgan fingerprint density at radius 3 is 2.47 bits per heavy atom. The van der Waals surface area contributed by atoms with Gasteiger partial charge in [0.2, 0.25) is 0 Å². The smallest absolute Gasteiger partial charge is 0.264 e. The largest absolute Gasteiger partial charge is 0.507 e. The van der Waals surface area contributed by atoms with E-state index in [4.69, 9.17) is 11.6 Å². The summed E-state index contributed by atoms with van der Waals surface area (Å²) in [5, 5.41) is 16.1. The molecule has 0 aliphatic carbocycles. The Bertz CT molecular complexity index is 1470. The van der Waals surface area contributed by atoms with Crippen molar-refractivity contribution in [3.8, 4) is 5.75 Å². The molecule has 1 amide bonds. The van der Waals surface area contributed by atoms with Crippen molar-refractivity contribution in [1.29, 1.82) is 0 Å². The van der Waals surface area contributed by atoms with Crippen LogP contribution in [0.5, 0.6) is 5.75 Å². The number of hydrogen-bond acceptors (Lipinski definition) is 5. The second-order valence-electron chi connectivity index (χ2n) is 7.32. The molecule has 0 fully saturated rings. The van der Waals surface area contributed by atoms with Gasteiger partial charge in [0.05, 0.1) is 16.8 Å². The van der Waals surface area contributed by atoms with Crippen LogP contribution >= 0.6 is 11.6 Å². The van der Waals surface area contributed by atoms with Gasteiger partial charge in [0.15, 0.2) is 0 Å². The summed E-state index contributed by atoms with van der Waals surface area (Å²) < 4.78 is 27.6. The number of halogens is 1. The number of aromatic hydroxyl groups is 1. The maximum absolute atomic E-state index is 13.3. The Kier molecular flexibility index (Phi) is 6.81. The Balaban J connectivity index is 1.59. The van der Waals surface area contributed by atoms with Crippen molar-refractivity contribution in [1.82, 2.24) is 5.43 Å². The molecule has 0 heterocycles. The average molecular weight is 494 g/mol. The minimum atomic E-state index is -4.06. The van der Waals surface area contributed by atoms with Crippen molar-refractivity contribution >= 4 is 50.2 Å². The molecule has 7 nitrogen and oxygen atoms in total. The Hall–Kier alpha value is -3.88. The van der Waals surface area contributed by atoms with E-state index in [9.17, 15) is 18.3 Å². The summed E-state index contributed by atoms with van der Waals surface area (Å²) in [6.45, 7) is -0.531. The third kappa shape index (κ3) is 5.03. The van der Waals surface area contributed by atoms with Crippen LogP contribution in [0.3, 0.4) is 0 Å². The molecule has 0 saturated heterocycles. The maximum atomic E-state index is 13.3. The van der Waals surface area contributed by atoms with E-state index in [1.807, 2.05) is 24.3 Å². The Morgan fingerprint density at radius 1 is 0.971 bits per heavy atom. The average Bonchev–Trinajstić information content (AvgIpc) is 2.84. The summed E-state index contributed by atoms with van der Waals surface area (Å²) in [7, 11) is -4.06. The first-order valence-corrected chi connectivity index (χ1v) is 12.0. The van der Waals surface area contributed by atoms with E-state index < -0.39 is 22.5 Å². The molecule has 0 aromatic heterocycles. The molecule has 0 spiro atoms. The first-order valence-electron chi connectivity index (χ1n) is 10.2. The molecule has 4 rings (SSSR count). The lowest BCUT2D eigenvalue weighted by Crippen LogP contribution is -2.39. The van der Waals surface area contributed by atoms with Crippen LogP contribution in [0, 0.1) is 0 Å². The number of fused-ring (bicyclic) bond motifs is 1. The summed E-state index contributed by atoms with van der Waals surface area (Å²) in [6, 6.07) is 24.8. The van der Waals surface area contributed by atoms with Crippen molar-refractivity contribution in [3.63, 3.8) is 0 Å². The monoisotopic (exact) mass is 493 g/mol. The number of carbonyl (C=O) groups is 1. The van der Waals surface area contributed by atoms with Crippen LogP contribution in [-0.4, -0.2) is 32.2 Å². The van der Waals surface area contributed by atoms with Gasteiger partial charge in [0.25, 0.3) is 15.9 Å². The van der Waals surface area contributed by atoms with E-state index in [2.05, 4.69) is 10.5 Å². The normalized spacial score (nSPS) is 11.6. The number of phenols is 1. The van der Waals surface area contributed by atoms with Crippen molar-refractivity contribution in [2.75, 3.05) is 10.8 Å². The number of hydrazone groups is 1. The predicted octanol–water partition coefficient (Wildman–Crippen LogP) is 4.54. The van der Waals surface area contributed by atoms with Gasteiger partial charge < -0.3 is 5.11 Å². The minimum Gasteiger partial charge on any atom is -0.507 e. The summed E-state index contributed by atoms with van der Waals surface area (Å²) in [5.41, 5.74) is 3.01. The number of benzene rings is 4. The van der Waals surface area contributed by atoms with Crippen LogP contribution in [0.2, 0.25) is 5.02 Å². The Morgan fingerprint density at radius 2 is 1.71 bits per heavy atom. The van der Waals surface area contributed by atoms with E-state index in [1.165, 1.54) is 24.4 Å². The maximum Gasteiger partial charge on any atom is 0.264 e. The molecule has 9 heteroatoms. The van der Waals surface area contributed by atoms with Gasteiger partial charge in [-0.2, -0.15) is 5.10 Å². The van der Waals surface area contributed by atoms with Crippen molar-refractivity contribution in [2.45, 2.75) is 4.90 Å². The van der Waals surface area contributed by atoms with Gasteiger partial charge in [-0.1, -0.05) is 66.2 Å². The first kappa shape index (κ1) is 23.3. The number of nitrogens with one attached hydrogen (secondary N) is 1. The molecular weight excluding hydrogens is 474 g/mol. The highest BCUT2D eigenvalue weighted by Crippen LogP contribution is 2.27. The highest BCUT2D eigenvalue weighted by Gasteiger charge is 2.27. The van der Waals surface area contributed by atoms with Gasteiger partial charge in [-0.25, -0.2) is 13.8 Å². The molecule has 4 aromatic carbocycles. The molecule has 0 saturated carbocycles. The molecule has 34 heavy (non-hydrogen) atoms. The molecule has 0 radical (unpaired) electrons. The zero-order chi connectivity index (χ0) is 24.1. The zero-order valence-electron chi connectivity index (χ0n) is 17.8. The van der Waals surface area contributed by atoms with Crippen LogP contribution in [0.4, 0.5) is 5.69 Å². The first-order chi connectivity index (χ1) is 16.4. The van der Waals surface area contributed by atoms with E-state index in [0.29, 0.717) is 10.6 Å². The lowest BCUT2D eigenvalue weighted by atomic mass is 10.0. The van der Waals surface area contributed by atoms with E-state index >= 15 is 0 Å². The summed E-state index contributed by atoms with van der Waals surface area (Å²) in [4.78, 5) is 12.7. The van der Waals surface area contributed by atoms with E-state index in [0.717, 1.165) is 15.1 Å². The second-order valence-corrected chi connectivity index (χ2v) is 9.62. The highest BCUT2D eigenvalue weighted by atomic mass is 35.5. The third-order valence-corrected chi connectivity index (χ3v) is 7.07. The molecule has 0 aliphatic rings. The molecular formula is C25H20ClN3O4S. The summed E-state index contributed by atoms with van der Waals surface area (Å²) in [6.07, 6.45) is 1.32. The molecule has 0 unspecified atom stereocenters. The Labute approximate surface area is 202 Å². The molecule has 172 valence electrons. The van der Waals surface area contributed by atoms with Gasteiger partial charge in [-0.05, 0) is 47.2 Å². The summed E-state index contributed by atoms with van der Waals surface area (Å²) >= 11 is 6.07. The van der Waals surface area contributed by atoms with Crippen LogP contribution < -0.4 is 9.73 Å². The fraction of sp³-hybridized carbons (Fsp3) is 0.0400. The predicted molar refractivity (Wildman–Crippen MR) is 134 cm³/mol. The van der Waals surface area contributed by atoms with Crippen molar-refractivity contribution < 1.29 is 18.3 Å². The number of nitrogens with zero attached hydrogens (tertiary/aromatic N) is 2. The number of phenolic OH excluding ortho intramolecular Hbond substituents is 1. The third-order valence-electron chi connectivity index (χ3n) is 5.05. The molecule has 0 atom stereocenters. The van der Waals surface area contributed by atoms with Gasteiger partial charge in [-0.15, -0.1) is 0 Å². The van der Waals surface area contributed by atoms with E-state index in [1.54, 1.807) is 48.5 Å². The van der Waals surface area contributed by atoms with Gasteiger partial charge in [-0.3, -0.25) is 9.10 Å². The zero-order valence-corrected chi connectivity index (χ0v) is 19.4. The number of hydrogen-bond donors (Lipinski definition) is 2. The van der Waals surface area contributed by atoms with Crippen LogP contribution in [0.15, 0.2) is 101 Å². The fourth-order valence-corrected chi connectivity index (χ4v) is 5.04. The molecule has 0 aliphatic heterocycles. The lowest BCUT2D eigenvalue weighted by Gasteiger charge is -2.23. The fourth-order valence-electron chi connectivity index (χ4n) is 3.42. The molecule has 4 aromatic rings. The lowest BCUT2D eigenvalue weighted by molar-refractivity contribution is -0.119. The minimum absolute atomic E-state index is 0.00362. The second kappa shape index (κ2) is 9.94. The van der Waals surface area contributed by atoms with E-state index in [-0.39, 0.29) is 16.3 Å². The van der Waals surface area contributed by atoms with Gasteiger partial charge >= 0.3 is 0 Å². The van der Waals surface area contributed by atoms with Crippen molar-refractivity contribution in [2.24, 2.45) is 5.10 Å². The molecule has 0 bridgehead atoms. The quantitative estimate of drug-likeness (QED) is 0.291. The van der Waals surface area contributed by atoms with Crippen LogP contribution in [-0.2, 0) is 14.8 Å². The number of anilines is 1. The molecule has 2 N–H and O–H groups in total. The standard InChI is InChI=1S/C25H20ClN3O4S/c26-19-8-6-9-20(15-19)29(34(32,33)21-10-2-1-3-11-21)17-25(31)28-27-16-23-22-12-5-4-7-18(22)13-14-24(23)30/h1-16,30H,17H2,(H,28,31)/b27-16+. The number of amides is 1. The van der Waals surface area contributed by atoms with Crippen molar-refractivity contribution in [3.05, 3.63) is 102 Å². The number of rotatable bonds is 7. The van der Waals surface area contributed by atoms with Crippen LogP contribution in [0.25, 0.3) is 10.8 Å². The number of carbonyl (C=O) groups excluding carboxylic acids is 1. The van der Waals surface area contributed by atoms with Crippen LogP contribution in [0.1, 0.15) is 5.56 Å².